The van der Waals surface area contributed by atoms with Gasteiger partial charge in [0.1, 0.15) is 28.9 Å². The van der Waals surface area contributed by atoms with Crippen LogP contribution in [0.25, 0.3) is 23.1 Å². The fourth-order valence-electron chi connectivity index (χ4n) is 3.75. The first-order valence-corrected chi connectivity index (χ1v) is 11.5. The summed E-state index contributed by atoms with van der Waals surface area (Å²) in [5.74, 6) is -0.372. The lowest BCUT2D eigenvalue weighted by Crippen LogP contribution is -2.23. The average molecular weight is 497 g/mol. The number of benzene rings is 2. The molecule has 4 aromatic rings. The quantitative estimate of drug-likeness (QED) is 0.229. The van der Waals surface area contributed by atoms with Crippen LogP contribution in [0.15, 0.2) is 81.5 Å². The molecule has 4 rings (SSSR count). The molecule has 1 N–H and O–H groups in total. The highest BCUT2D eigenvalue weighted by Gasteiger charge is 2.20. The number of hydrogen-bond acceptors (Lipinski definition) is 6. The number of carbonyl (C=O) groups excluding carboxylic acids is 2. The molecule has 2 heterocycles. The van der Waals surface area contributed by atoms with Crippen LogP contribution >= 0.6 is 0 Å². The fraction of sp³-hybridized carbons (Fsp3) is 0.143. The minimum Gasteiger partial charge on any atom is -0.462 e. The molecule has 1 amide bonds. The standard InChI is InChI=1S/C28H24N4O5/c1-4-36-28(35)20-12-10-19(11-13-20)24-15-14-23(37-24)16-21(17-29)26(33)30-25-18(2)31(3)32(27(25)34)22-8-6-5-7-9-22/h5-16H,4H2,1-3H3,(H,30,33)/b21-16-. The molecule has 0 saturated carbocycles. The van der Waals surface area contributed by atoms with E-state index in [0.29, 0.717) is 28.3 Å². The number of carbonyl (C=O) groups is 2. The summed E-state index contributed by atoms with van der Waals surface area (Å²) in [6, 6.07) is 20.9. The number of nitriles is 1. The van der Waals surface area contributed by atoms with Crippen molar-refractivity contribution in [2.24, 2.45) is 7.05 Å². The maximum Gasteiger partial charge on any atom is 0.338 e. The highest BCUT2D eigenvalue weighted by molar-refractivity contribution is 6.09. The molecule has 0 radical (unpaired) electrons. The first kappa shape index (κ1) is 25.0. The molecular formula is C28H24N4O5. The van der Waals surface area contributed by atoms with Crippen LogP contribution in [-0.4, -0.2) is 27.8 Å². The van der Waals surface area contributed by atoms with E-state index in [9.17, 15) is 19.6 Å². The van der Waals surface area contributed by atoms with E-state index in [1.54, 1.807) is 74.1 Å². The molecule has 0 bridgehead atoms. The number of ether oxygens (including phenoxy) is 1. The van der Waals surface area contributed by atoms with E-state index in [-0.39, 0.29) is 23.6 Å². The minimum absolute atomic E-state index is 0.0827. The molecule has 2 aromatic heterocycles. The van der Waals surface area contributed by atoms with Crippen molar-refractivity contribution in [3.63, 3.8) is 0 Å². The SMILES string of the molecule is CCOC(=O)c1ccc(-c2ccc(/C=C(/C#N)C(=O)Nc3c(C)n(C)n(-c4ccccc4)c3=O)o2)cc1. The van der Waals surface area contributed by atoms with Gasteiger partial charge in [0.25, 0.3) is 11.5 Å². The number of amides is 1. The average Bonchev–Trinajstić information content (AvgIpc) is 3.46. The van der Waals surface area contributed by atoms with E-state index in [1.165, 1.54) is 10.8 Å². The summed E-state index contributed by atoms with van der Waals surface area (Å²) in [7, 11) is 1.71. The van der Waals surface area contributed by atoms with Crippen molar-refractivity contribution in [2.45, 2.75) is 13.8 Å². The predicted molar refractivity (Wildman–Crippen MR) is 138 cm³/mol. The molecule has 0 aliphatic carbocycles. The third kappa shape index (κ3) is 5.13. The maximum absolute atomic E-state index is 13.1. The molecule has 37 heavy (non-hydrogen) atoms. The molecule has 0 unspecified atom stereocenters. The van der Waals surface area contributed by atoms with Crippen LogP contribution < -0.4 is 10.9 Å². The van der Waals surface area contributed by atoms with Crippen LogP contribution in [0.4, 0.5) is 5.69 Å². The van der Waals surface area contributed by atoms with Crippen molar-refractivity contribution in [3.05, 3.63) is 99.7 Å². The molecule has 186 valence electrons. The largest absolute Gasteiger partial charge is 0.462 e. The molecule has 0 aliphatic rings. The summed E-state index contributed by atoms with van der Waals surface area (Å²) in [6.07, 6.45) is 1.31. The Morgan fingerprint density at radius 2 is 1.78 bits per heavy atom. The zero-order valence-electron chi connectivity index (χ0n) is 20.5. The monoisotopic (exact) mass is 496 g/mol. The molecule has 9 heteroatoms. The second-order valence-corrected chi connectivity index (χ2v) is 8.06. The van der Waals surface area contributed by atoms with Gasteiger partial charge < -0.3 is 14.5 Å². The first-order valence-electron chi connectivity index (χ1n) is 11.5. The van der Waals surface area contributed by atoms with E-state index in [2.05, 4.69) is 5.32 Å². The van der Waals surface area contributed by atoms with Crippen LogP contribution in [0.5, 0.6) is 0 Å². The molecule has 2 aromatic carbocycles. The number of aromatic nitrogens is 2. The number of esters is 1. The highest BCUT2D eigenvalue weighted by Crippen LogP contribution is 2.24. The van der Waals surface area contributed by atoms with E-state index in [0.717, 1.165) is 0 Å². The molecule has 0 aliphatic heterocycles. The van der Waals surface area contributed by atoms with Gasteiger partial charge in [0.05, 0.1) is 23.6 Å². The molecule has 0 atom stereocenters. The second kappa shape index (κ2) is 10.7. The number of nitrogens with zero attached hydrogens (tertiary/aromatic N) is 3. The summed E-state index contributed by atoms with van der Waals surface area (Å²) in [5.41, 5.74) is 1.74. The van der Waals surface area contributed by atoms with E-state index in [4.69, 9.17) is 9.15 Å². The third-order valence-corrected chi connectivity index (χ3v) is 5.75. The molecule has 0 fully saturated rings. The van der Waals surface area contributed by atoms with Crippen molar-refractivity contribution in [1.82, 2.24) is 9.36 Å². The van der Waals surface area contributed by atoms with Gasteiger partial charge in [-0.3, -0.25) is 14.3 Å². The Hall–Kier alpha value is -5.10. The predicted octanol–water partition coefficient (Wildman–Crippen LogP) is 4.47. The summed E-state index contributed by atoms with van der Waals surface area (Å²) in [4.78, 5) is 37.8. The number of para-hydroxylation sites is 1. The van der Waals surface area contributed by atoms with Gasteiger partial charge in [-0.1, -0.05) is 30.3 Å². The lowest BCUT2D eigenvalue weighted by molar-refractivity contribution is -0.112. The summed E-state index contributed by atoms with van der Waals surface area (Å²) in [6.45, 7) is 3.73. The van der Waals surface area contributed by atoms with Gasteiger partial charge in [-0.25, -0.2) is 9.48 Å². The number of hydrogen-bond donors (Lipinski definition) is 1. The highest BCUT2D eigenvalue weighted by atomic mass is 16.5. The van der Waals surface area contributed by atoms with Gasteiger partial charge in [-0.15, -0.1) is 0 Å². The summed E-state index contributed by atoms with van der Waals surface area (Å²) < 4.78 is 13.8. The molecule has 0 saturated heterocycles. The number of nitrogens with one attached hydrogen (secondary N) is 1. The number of anilines is 1. The van der Waals surface area contributed by atoms with Crippen molar-refractivity contribution >= 4 is 23.6 Å². The minimum atomic E-state index is -0.731. The fourth-order valence-corrected chi connectivity index (χ4v) is 3.75. The van der Waals surface area contributed by atoms with Crippen molar-refractivity contribution < 1.29 is 18.7 Å². The van der Waals surface area contributed by atoms with Crippen molar-refractivity contribution in [2.75, 3.05) is 11.9 Å². The smallest absolute Gasteiger partial charge is 0.338 e. The van der Waals surface area contributed by atoms with Gasteiger partial charge in [-0.05, 0) is 50.2 Å². The van der Waals surface area contributed by atoms with E-state index in [1.807, 2.05) is 24.3 Å². The zero-order valence-corrected chi connectivity index (χ0v) is 20.5. The molecule has 0 spiro atoms. The second-order valence-electron chi connectivity index (χ2n) is 8.06. The van der Waals surface area contributed by atoms with Crippen molar-refractivity contribution in [1.29, 1.82) is 5.26 Å². The van der Waals surface area contributed by atoms with Crippen LogP contribution in [-0.2, 0) is 16.6 Å². The number of furan rings is 1. The van der Waals surface area contributed by atoms with E-state index < -0.39 is 17.4 Å². The maximum atomic E-state index is 13.1. The van der Waals surface area contributed by atoms with Gasteiger partial charge in [-0.2, -0.15) is 5.26 Å². The Morgan fingerprint density at radius 1 is 1.08 bits per heavy atom. The van der Waals surface area contributed by atoms with Crippen LogP contribution in [0.2, 0.25) is 0 Å². The topological polar surface area (TPSA) is 119 Å². The normalized spacial score (nSPS) is 11.1. The third-order valence-electron chi connectivity index (χ3n) is 5.75. The first-order chi connectivity index (χ1) is 17.8. The number of rotatable bonds is 7. The lowest BCUT2D eigenvalue weighted by Gasteiger charge is -2.07. The van der Waals surface area contributed by atoms with Gasteiger partial charge in [0.2, 0.25) is 0 Å². The Morgan fingerprint density at radius 3 is 2.43 bits per heavy atom. The summed E-state index contributed by atoms with van der Waals surface area (Å²) in [5, 5.41) is 12.2. The zero-order chi connectivity index (χ0) is 26.5. The Bertz CT molecular complexity index is 1580. The van der Waals surface area contributed by atoms with E-state index >= 15 is 0 Å². The Labute approximate surface area is 212 Å². The van der Waals surface area contributed by atoms with Crippen LogP contribution in [0.3, 0.4) is 0 Å². The van der Waals surface area contributed by atoms with Gasteiger partial charge in [0, 0.05) is 18.7 Å². The van der Waals surface area contributed by atoms with Gasteiger partial charge >= 0.3 is 5.97 Å². The molecule has 9 nitrogen and oxygen atoms in total. The Kier molecular flexibility index (Phi) is 7.21. The molecular weight excluding hydrogens is 472 g/mol. The van der Waals surface area contributed by atoms with Crippen LogP contribution in [0, 0.1) is 18.3 Å². The van der Waals surface area contributed by atoms with Gasteiger partial charge in [0.15, 0.2) is 0 Å². The Balaban J connectivity index is 1.55. The van der Waals surface area contributed by atoms with Crippen molar-refractivity contribution in [3.8, 4) is 23.1 Å². The summed E-state index contributed by atoms with van der Waals surface area (Å²) >= 11 is 0. The lowest BCUT2D eigenvalue weighted by atomic mass is 10.1. The van der Waals surface area contributed by atoms with Crippen LogP contribution in [0.1, 0.15) is 28.7 Å².